The Morgan fingerprint density at radius 3 is 1.47 bits per heavy atom. The van der Waals surface area contributed by atoms with Gasteiger partial charge in [-0.2, -0.15) is 31.0 Å². The van der Waals surface area contributed by atoms with E-state index in [4.69, 9.17) is 25.7 Å². The third-order valence-corrected chi connectivity index (χ3v) is 8.83. The Balaban J connectivity index is 1.01. The Morgan fingerprint density at radius 1 is 0.632 bits per heavy atom. The average Bonchev–Trinajstić information content (AvgIpc) is 3.23. The van der Waals surface area contributed by atoms with Gasteiger partial charge in [-0.25, -0.2) is 0 Å². The third kappa shape index (κ3) is 16.6. The average molecular weight is 788 g/mol. The van der Waals surface area contributed by atoms with Gasteiger partial charge in [0.2, 0.25) is 22.8 Å². The van der Waals surface area contributed by atoms with Crippen molar-refractivity contribution in [2.75, 3.05) is 25.5 Å². The number of hydrogen-bond acceptors (Lipinski definition) is 13. The molecule has 0 bridgehead atoms. The minimum Gasteiger partial charge on any atom is -0.494 e. The Labute approximate surface area is 334 Å². The van der Waals surface area contributed by atoms with Crippen molar-refractivity contribution in [2.45, 2.75) is 44.6 Å². The van der Waals surface area contributed by atoms with Gasteiger partial charge in [-0.15, -0.1) is 0 Å². The van der Waals surface area contributed by atoms with Crippen LogP contribution in [0.25, 0.3) is 0 Å². The fourth-order valence-corrected chi connectivity index (χ4v) is 5.55. The number of nitriles is 2. The highest BCUT2D eigenvalue weighted by Gasteiger charge is 2.18. The molecule has 16 heteroatoms. The second-order valence-corrected chi connectivity index (χ2v) is 13.4. The molecule has 0 saturated carbocycles. The van der Waals surface area contributed by atoms with Crippen LogP contribution in [0.15, 0.2) is 118 Å². The lowest BCUT2D eigenvalue weighted by Crippen LogP contribution is -2.44. The summed E-state index contributed by atoms with van der Waals surface area (Å²) in [5.74, 6) is 0.330. The molecule has 57 heavy (non-hydrogen) atoms. The van der Waals surface area contributed by atoms with Crippen molar-refractivity contribution in [2.24, 2.45) is 26.2 Å². The summed E-state index contributed by atoms with van der Waals surface area (Å²) >= 11 is 1.03. The topological polar surface area (TPSA) is 234 Å². The second-order valence-electron chi connectivity index (χ2n) is 12.3. The summed E-state index contributed by atoms with van der Waals surface area (Å²) in [4.78, 5) is 48.9. The summed E-state index contributed by atoms with van der Waals surface area (Å²) in [6.45, 7) is 0.452. The van der Waals surface area contributed by atoms with Crippen LogP contribution in [0.4, 0.5) is 22.7 Å². The number of nitrogens with two attached hydrogens (primary N) is 1. The zero-order chi connectivity index (χ0) is 40.7. The molecule has 4 rings (SSSR count). The molecule has 0 aliphatic carbocycles. The number of ether oxygens (including phenoxy) is 2. The third-order valence-electron chi connectivity index (χ3n) is 7.87. The zero-order valence-corrected chi connectivity index (χ0v) is 31.8. The van der Waals surface area contributed by atoms with E-state index in [2.05, 4.69) is 43.2 Å². The van der Waals surface area contributed by atoms with Gasteiger partial charge in [-0.3, -0.25) is 19.2 Å². The highest BCUT2D eigenvalue weighted by molar-refractivity contribution is 8.13. The van der Waals surface area contributed by atoms with Crippen LogP contribution in [0.1, 0.15) is 49.7 Å². The molecule has 0 aliphatic rings. The molecular formula is C41H41N9O6S. The Hall–Kier alpha value is -6.91. The fourth-order valence-electron chi connectivity index (χ4n) is 4.84. The number of carbonyl (C=O) groups is 4. The largest absolute Gasteiger partial charge is 0.494 e. The molecule has 0 aromatic heterocycles. The number of thioether (sulfide) groups is 1. The summed E-state index contributed by atoms with van der Waals surface area (Å²) in [6.07, 6.45) is 1.89. The van der Waals surface area contributed by atoms with E-state index in [9.17, 15) is 19.2 Å². The van der Waals surface area contributed by atoms with Gasteiger partial charge in [0.25, 0.3) is 0 Å². The molecule has 1 atom stereocenters. The molecule has 15 nitrogen and oxygen atoms in total. The maximum absolute atomic E-state index is 12.5. The summed E-state index contributed by atoms with van der Waals surface area (Å²) in [5.41, 5.74) is 9.09. The number of amides is 3. The molecule has 0 heterocycles. The van der Waals surface area contributed by atoms with Crippen molar-refractivity contribution in [3.8, 4) is 23.6 Å². The van der Waals surface area contributed by atoms with Crippen LogP contribution in [0.2, 0.25) is 0 Å². The lowest BCUT2D eigenvalue weighted by atomic mass is 10.1. The Morgan fingerprint density at radius 2 is 1.05 bits per heavy atom. The molecule has 0 fully saturated rings. The number of nitrogens with zero attached hydrogens (tertiary/aromatic N) is 6. The van der Waals surface area contributed by atoms with Crippen LogP contribution >= 0.6 is 11.8 Å². The zero-order valence-electron chi connectivity index (χ0n) is 31.0. The number of primary amides is 1. The lowest BCUT2D eigenvalue weighted by Gasteiger charge is -2.15. The van der Waals surface area contributed by atoms with E-state index in [-0.39, 0.29) is 49.3 Å². The molecule has 0 saturated heterocycles. The Bertz CT molecular complexity index is 2080. The molecule has 4 aromatic rings. The number of azo groups is 2. The Kier molecular flexibility index (Phi) is 17.9. The van der Waals surface area contributed by atoms with Gasteiger partial charge in [-0.1, -0.05) is 11.8 Å². The SMILES string of the molecule is N#Cc1ccc(N=Nc2ccc(OCCCC(=O)NCC(=O)SCCC[C@H](NC(=O)CCCOc3ccc(N=Nc4ccc(C#N)cc4)cc3)C(N)=O)cc2)cc1. The number of nitrogens with one attached hydrogen (secondary N) is 2. The quantitative estimate of drug-likeness (QED) is 0.0531. The molecule has 3 amide bonds. The van der Waals surface area contributed by atoms with E-state index in [0.29, 0.717) is 77.0 Å². The van der Waals surface area contributed by atoms with Crippen molar-refractivity contribution >= 4 is 57.3 Å². The number of hydrogen-bond donors (Lipinski definition) is 3. The van der Waals surface area contributed by atoms with Crippen LogP contribution in [0.3, 0.4) is 0 Å². The minimum absolute atomic E-state index is 0.128. The first-order valence-electron chi connectivity index (χ1n) is 18.0. The van der Waals surface area contributed by atoms with Gasteiger partial charge in [0.1, 0.15) is 17.5 Å². The van der Waals surface area contributed by atoms with E-state index < -0.39 is 11.9 Å². The van der Waals surface area contributed by atoms with Gasteiger partial charge in [0.15, 0.2) is 0 Å². The van der Waals surface area contributed by atoms with Gasteiger partial charge >= 0.3 is 0 Å². The first-order valence-corrected chi connectivity index (χ1v) is 19.0. The molecule has 0 spiro atoms. The monoisotopic (exact) mass is 787 g/mol. The highest BCUT2D eigenvalue weighted by Crippen LogP contribution is 2.23. The van der Waals surface area contributed by atoms with Crippen molar-refractivity contribution in [1.29, 1.82) is 10.5 Å². The maximum atomic E-state index is 12.5. The number of rotatable bonds is 22. The van der Waals surface area contributed by atoms with Crippen molar-refractivity contribution in [3.05, 3.63) is 108 Å². The maximum Gasteiger partial charge on any atom is 0.239 e. The van der Waals surface area contributed by atoms with Crippen LogP contribution in [-0.4, -0.2) is 54.4 Å². The van der Waals surface area contributed by atoms with E-state index in [1.165, 1.54) is 0 Å². The highest BCUT2D eigenvalue weighted by atomic mass is 32.2. The predicted octanol–water partition coefficient (Wildman–Crippen LogP) is 7.41. The molecule has 0 aliphatic heterocycles. The first kappa shape index (κ1) is 42.8. The van der Waals surface area contributed by atoms with Crippen LogP contribution in [-0.2, 0) is 19.2 Å². The summed E-state index contributed by atoms with van der Waals surface area (Å²) in [6, 6.07) is 30.7. The van der Waals surface area contributed by atoms with Crippen LogP contribution in [0, 0.1) is 22.7 Å². The van der Waals surface area contributed by atoms with Crippen molar-refractivity contribution in [3.63, 3.8) is 0 Å². The first-order chi connectivity index (χ1) is 27.7. The normalized spacial score (nSPS) is 11.3. The summed E-state index contributed by atoms with van der Waals surface area (Å²) < 4.78 is 11.4. The van der Waals surface area contributed by atoms with Gasteiger partial charge in [-0.05, 0) is 123 Å². The van der Waals surface area contributed by atoms with Gasteiger partial charge in [0.05, 0.1) is 65.8 Å². The molecule has 4 N–H and O–H groups in total. The molecule has 292 valence electrons. The van der Waals surface area contributed by atoms with Crippen molar-refractivity contribution in [1.82, 2.24) is 10.6 Å². The van der Waals surface area contributed by atoms with Crippen molar-refractivity contribution < 1.29 is 28.7 Å². The molecule has 0 radical (unpaired) electrons. The second kappa shape index (κ2) is 23.8. The summed E-state index contributed by atoms with van der Waals surface area (Å²) in [5, 5.41) is 39.4. The van der Waals surface area contributed by atoms with E-state index in [1.54, 1.807) is 97.1 Å². The van der Waals surface area contributed by atoms with Crippen LogP contribution in [0.5, 0.6) is 11.5 Å². The van der Waals surface area contributed by atoms with E-state index in [1.807, 2.05) is 0 Å². The molecule has 0 unspecified atom stereocenters. The van der Waals surface area contributed by atoms with E-state index in [0.717, 1.165) is 11.8 Å². The number of benzene rings is 4. The van der Waals surface area contributed by atoms with Crippen LogP contribution < -0.4 is 25.8 Å². The molecule has 4 aromatic carbocycles. The van der Waals surface area contributed by atoms with Gasteiger partial charge < -0.3 is 25.8 Å². The predicted molar refractivity (Wildman–Crippen MR) is 214 cm³/mol. The fraction of sp³-hybridized carbons (Fsp3) is 0.268. The smallest absolute Gasteiger partial charge is 0.239 e. The standard InChI is InChI=1S/C41H41N9O6S/c42-26-29-7-11-31(12-8-29)47-49-33-15-19-35(20-16-33)55-23-1-5-38(51)45-28-40(53)57-25-3-4-37(41(44)54)46-39(52)6-2-24-56-36-21-17-34(18-22-36)50-48-32-13-9-30(27-43)10-14-32/h7-22,37H,1-6,23-25,28H2,(H2,44,54)(H,45,51)(H,46,52)/t37-/m0/s1. The number of carbonyl (C=O) groups excluding carboxylic acids is 4. The molecular weight excluding hydrogens is 747 g/mol. The van der Waals surface area contributed by atoms with E-state index >= 15 is 0 Å². The van der Waals surface area contributed by atoms with Gasteiger partial charge in [0, 0.05) is 18.6 Å². The summed E-state index contributed by atoms with van der Waals surface area (Å²) in [7, 11) is 0. The lowest BCUT2D eigenvalue weighted by molar-refractivity contribution is -0.127. The minimum atomic E-state index is -0.870.